The molecule has 0 saturated carbocycles. The number of aliphatic carboxylic acids is 1. The molecule has 1 aromatic rings. The molecule has 1 N–H and O–H groups in total. The van der Waals surface area contributed by atoms with E-state index in [1.54, 1.807) is 0 Å². The number of rotatable bonds is 4. The molecule has 0 radical (unpaired) electrons. The molecule has 0 unspecified atom stereocenters. The number of nitrogens with zero attached hydrogens (tertiary/aromatic N) is 1. The van der Waals surface area contributed by atoms with E-state index < -0.39 is 5.97 Å². The Kier molecular flexibility index (Phi) is 4.37. The molecule has 1 aromatic carbocycles. The van der Waals surface area contributed by atoms with Crippen LogP contribution < -0.4 is 0 Å². The van der Waals surface area contributed by atoms with Gasteiger partial charge in [0.05, 0.1) is 6.54 Å². The van der Waals surface area contributed by atoms with E-state index in [4.69, 9.17) is 5.11 Å². The maximum atomic E-state index is 10.6. The first-order valence-electron chi connectivity index (χ1n) is 6.72. The molecular weight excluding hydrogens is 226 g/mol. The zero-order valence-electron chi connectivity index (χ0n) is 10.9. The summed E-state index contributed by atoms with van der Waals surface area (Å²) in [5.41, 5.74) is 2.78. The van der Waals surface area contributed by atoms with Gasteiger partial charge in [-0.3, -0.25) is 9.69 Å². The second-order valence-corrected chi connectivity index (χ2v) is 5.04. The molecule has 2 rings (SSSR count). The predicted molar refractivity (Wildman–Crippen MR) is 71.9 cm³/mol. The summed E-state index contributed by atoms with van der Waals surface area (Å²) in [7, 11) is 0. The van der Waals surface area contributed by atoms with Crippen molar-refractivity contribution in [3.63, 3.8) is 0 Å². The minimum atomic E-state index is -0.722. The highest BCUT2D eigenvalue weighted by atomic mass is 16.4. The third-order valence-electron chi connectivity index (χ3n) is 3.81. The molecule has 1 fully saturated rings. The number of piperidine rings is 1. The fourth-order valence-electron chi connectivity index (χ4n) is 2.64. The van der Waals surface area contributed by atoms with E-state index in [-0.39, 0.29) is 6.54 Å². The van der Waals surface area contributed by atoms with Gasteiger partial charge in [-0.05, 0) is 49.4 Å². The summed E-state index contributed by atoms with van der Waals surface area (Å²) >= 11 is 0. The van der Waals surface area contributed by atoms with Crippen molar-refractivity contribution in [1.82, 2.24) is 4.90 Å². The maximum absolute atomic E-state index is 10.6. The van der Waals surface area contributed by atoms with Gasteiger partial charge in [-0.15, -0.1) is 0 Å². The van der Waals surface area contributed by atoms with Crippen LogP contribution >= 0.6 is 0 Å². The second kappa shape index (κ2) is 6.01. The molecule has 0 bridgehead atoms. The molecule has 0 amide bonds. The number of carboxylic acids is 1. The van der Waals surface area contributed by atoms with Crippen LogP contribution in [0.25, 0.3) is 0 Å². The maximum Gasteiger partial charge on any atom is 0.317 e. The van der Waals surface area contributed by atoms with Crippen LogP contribution in [0.15, 0.2) is 24.3 Å². The van der Waals surface area contributed by atoms with Crippen LogP contribution in [0.1, 0.15) is 36.8 Å². The molecule has 0 atom stereocenters. The smallest absolute Gasteiger partial charge is 0.317 e. The molecule has 98 valence electrons. The first-order chi connectivity index (χ1) is 8.69. The van der Waals surface area contributed by atoms with Crippen molar-refractivity contribution >= 4 is 5.97 Å². The van der Waals surface area contributed by atoms with Gasteiger partial charge in [-0.1, -0.05) is 31.2 Å². The van der Waals surface area contributed by atoms with E-state index in [1.807, 2.05) is 4.90 Å². The molecular formula is C15H21NO2. The van der Waals surface area contributed by atoms with Gasteiger partial charge in [-0.2, -0.15) is 0 Å². The molecule has 0 spiro atoms. The Labute approximate surface area is 108 Å². The van der Waals surface area contributed by atoms with E-state index in [0.29, 0.717) is 5.92 Å². The zero-order valence-corrected chi connectivity index (χ0v) is 10.9. The largest absolute Gasteiger partial charge is 0.480 e. The number of hydrogen-bond donors (Lipinski definition) is 1. The number of carboxylic acid groups (broad SMARTS) is 1. The van der Waals surface area contributed by atoms with Crippen molar-refractivity contribution in [2.24, 2.45) is 0 Å². The Balaban J connectivity index is 1.90. The molecule has 1 aliphatic heterocycles. The van der Waals surface area contributed by atoms with Crippen LogP contribution in [-0.2, 0) is 11.2 Å². The van der Waals surface area contributed by atoms with Crippen molar-refractivity contribution in [2.45, 2.75) is 32.1 Å². The van der Waals surface area contributed by atoms with E-state index >= 15 is 0 Å². The Hall–Kier alpha value is -1.35. The number of hydrogen-bond acceptors (Lipinski definition) is 2. The molecule has 0 aliphatic carbocycles. The average Bonchev–Trinajstić information content (AvgIpc) is 2.39. The molecule has 3 nitrogen and oxygen atoms in total. The minimum absolute atomic E-state index is 0.182. The first kappa shape index (κ1) is 13.1. The SMILES string of the molecule is CCc1ccc(C2CCN(CC(=O)O)CC2)cc1. The van der Waals surface area contributed by atoms with Crippen LogP contribution in [0.2, 0.25) is 0 Å². The van der Waals surface area contributed by atoms with Gasteiger partial charge in [-0.25, -0.2) is 0 Å². The van der Waals surface area contributed by atoms with Crippen molar-refractivity contribution in [1.29, 1.82) is 0 Å². The molecule has 3 heteroatoms. The molecule has 18 heavy (non-hydrogen) atoms. The monoisotopic (exact) mass is 247 g/mol. The van der Waals surface area contributed by atoms with Gasteiger partial charge >= 0.3 is 5.97 Å². The number of carbonyl (C=O) groups is 1. The third kappa shape index (κ3) is 3.33. The predicted octanol–water partition coefficient (Wildman–Crippen LogP) is 2.51. The lowest BCUT2D eigenvalue weighted by Crippen LogP contribution is -2.36. The highest BCUT2D eigenvalue weighted by molar-refractivity contribution is 5.69. The fraction of sp³-hybridized carbons (Fsp3) is 0.533. The summed E-state index contributed by atoms with van der Waals surface area (Å²) in [4.78, 5) is 12.7. The lowest BCUT2D eigenvalue weighted by molar-refractivity contribution is -0.138. The van der Waals surface area contributed by atoms with Gasteiger partial charge in [0.15, 0.2) is 0 Å². The van der Waals surface area contributed by atoms with Gasteiger partial charge in [0, 0.05) is 0 Å². The van der Waals surface area contributed by atoms with Crippen LogP contribution in [0, 0.1) is 0 Å². The van der Waals surface area contributed by atoms with Crippen molar-refractivity contribution in [2.75, 3.05) is 19.6 Å². The average molecular weight is 247 g/mol. The Bertz CT molecular complexity index is 391. The van der Waals surface area contributed by atoms with Crippen LogP contribution in [0.3, 0.4) is 0 Å². The molecule has 1 saturated heterocycles. The highest BCUT2D eigenvalue weighted by Gasteiger charge is 2.21. The summed E-state index contributed by atoms with van der Waals surface area (Å²) < 4.78 is 0. The summed E-state index contributed by atoms with van der Waals surface area (Å²) in [6.45, 7) is 4.14. The summed E-state index contributed by atoms with van der Waals surface area (Å²) in [6.07, 6.45) is 3.22. The van der Waals surface area contributed by atoms with E-state index in [2.05, 4.69) is 31.2 Å². The van der Waals surface area contributed by atoms with Crippen LogP contribution in [0.4, 0.5) is 0 Å². The Morgan fingerprint density at radius 1 is 1.28 bits per heavy atom. The zero-order chi connectivity index (χ0) is 13.0. The first-order valence-corrected chi connectivity index (χ1v) is 6.72. The number of aryl methyl sites for hydroxylation is 1. The Morgan fingerprint density at radius 3 is 2.39 bits per heavy atom. The normalized spacial score (nSPS) is 17.8. The summed E-state index contributed by atoms with van der Waals surface area (Å²) in [6, 6.07) is 8.88. The van der Waals surface area contributed by atoms with Gasteiger partial charge in [0.1, 0.15) is 0 Å². The van der Waals surface area contributed by atoms with Crippen molar-refractivity contribution < 1.29 is 9.90 Å². The fourth-order valence-corrected chi connectivity index (χ4v) is 2.64. The quantitative estimate of drug-likeness (QED) is 0.888. The lowest BCUT2D eigenvalue weighted by atomic mass is 9.89. The van der Waals surface area contributed by atoms with Crippen molar-refractivity contribution in [3.05, 3.63) is 35.4 Å². The second-order valence-electron chi connectivity index (χ2n) is 5.04. The van der Waals surface area contributed by atoms with Gasteiger partial charge in [0.2, 0.25) is 0 Å². The molecule has 1 aliphatic rings. The van der Waals surface area contributed by atoms with E-state index in [1.165, 1.54) is 11.1 Å². The lowest BCUT2D eigenvalue weighted by Gasteiger charge is -2.31. The topological polar surface area (TPSA) is 40.5 Å². The number of benzene rings is 1. The van der Waals surface area contributed by atoms with E-state index in [0.717, 1.165) is 32.4 Å². The van der Waals surface area contributed by atoms with Crippen molar-refractivity contribution in [3.8, 4) is 0 Å². The standard InChI is InChI=1S/C15H21NO2/c1-2-12-3-5-13(6-4-12)14-7-9-16(10-8-14)11-15(17)18/h3-6,14H,2,7-11H2,1H3,(H,17,18). The van der Waals surface area contributed by atoms with Gasteiger partial charge in [0.25, 0.3) is 0 Å². The Morgan fingerprint density at radius 2 is 1.89 bits per heavy atom. The summed E-state index contributed by atoms with van der Waals surface area (Å²) in [5, 5.41) is 8.76. The van der Waals surface area contributed by atoms with Crippen LogP contribution in [-0.4, -0.2) is 35.6 Å². The van der Waals surface area contributed by atoms with E-state index in [9.17, 15) is 4.79 Å². The summed E-state index contributed by atoms with van der Waals surface area (Å²) in [5.74, 6) is -0.123. The van der Waals surface area contributed by atoms with Crippen LogP contribution in [0.5, 0.6) is 0 Å². The third-order valence-corrected chi connectivity index (χ3v) is 3.81. The molecule has 0 aromatic heterocycles. The highest BCUT2D eigenvalue weighted by Crippen LogP contribution is 2.28. The molecule has 1 heterocycles. The number of likely N-dealkylation sites (tertiary alicyclic amines) is 1. The van der Waals surface area contributed by atoms with Gasteiger partial charge < -0.3 is 5.11 Å². The minimum Gasteiger partial charge on any atom is -0.480 e.